The summed E-state index contributed by atoms with van der Waals surface area (Å²) in [6.45, 7) is 15.8. The number of rotatable bonds is 0. The molecule has 2 N–H and O–H groups in total. The van der Waals surface area contributed by atoms with Gasteiger partial charge < -0.3 is 0 Å². The molecule has 0 amide bonds. The van der Waals surface area contributed by atoms with E-state index in [1.165, 1.54) is 0 Å². The molecule has 10 heteroatoms. The van der Waals surface area contributed by atoms with Crippen molar-refractivity contribution in [3.8, 4) is 0 Å². The molecule has 0 aromatic carbocycles. The van der Waals surface area contributed by atoms with Crippen molar-refractivity contribution in [2.75, 3.05) is 26.2 Å². The molecule has 0 aromatic heterocycles. The molecule has 4 unspecified atom stereocenters. The van der Waals surface area contributed by atoms with Crippen molar-refractivity contribution in [3.05, 3.63) is 0 Å². The van der Waals surface area contributed by atoms with Crippen molar-refractivity contribution in [2.24, 2.45) is 22.7 Å². The lowest BCUT2D eigenvalue weighted by Gasteiger charge is -2.41. The second kappa shape index (κ2) is 8.26. The van der Waals surface area contributed by atoms with Crippen molar-refractivity contribution in [1.29, 1.82) is 0 Å². The molecule has 0 radical (unpaired) electrons. The van der Waals surface area contributed by atoms with E-state index in [2.05, 4.69) is 51.0 Å². The van der Waals surface area contributed by atoms with Gasteiger partial charge in [0.05, 0.1) is 0 Å². The van der Waals surface area contributed by atoms with Gasteiger partial charge in [-0.05, 0) is 48.3 Å². The van der Waals surface area contributed by atoms with Crippen LogP contribution in [0.25, 0.3) is 0 Å². The number of nitrogens with zero attached hydrogens (tertiary/aromatic N) is 2. The van der Waals surface area contributed by atoms with Crippen LogP contribution in [-0.2, 0) is 20.4 Å². The lowest BCUT2D eigenvalue weighted by molar-refractivity contribution is 0.0970. The Morgan fingerprint density at radius 3 is 1.30 bits per heavy atom. The zero-order valence-corrected chi connectivity index (χ0v) is 20.9. The Morgan fingerprint density at radius 2 is 1.00 bits per heavy atom. The standard InChI is InChI=1S/2C10H20N2O2S/c2*1-10(2,3)8-5-4-6-12-9(8)7-11-15(12,13)14/h2*8-9,11H,4-7H2,1-3H3. The second-order valence-corrected chi connectivity index (χ2v) is 14.7. The molecule has 4 fully saturated rings. The first-order valence-corrected chi connectivity index (χ1v) is 14.1. The third-order valence-electron chi connectivity index (χ3n) is 7.25. The fourth-order valence-corrected chi connectivity index (χ4v) is 8.69. The van der Waals surface area contributed by atoms with Crippen LogP contribution in [0.1, 0.15) is 67.2 Å². The van der Waals surface area contributed by atoms with Gasteiger partial charge in [0.25, 0.3) is 20.4 Å². The molecule has 176 valence electrons. The molecule has 8 nitrogen and oxygen atoms in total. The summed E-state index contributed by atoms with van der Waals surface area (Å²) in [6.07, 6.45) is 4.25. The van der Waals surface area contributed by atoms with Gasteiger partial charge >= 0.3 is 0 Å². The quantitative estimate of drug-likeness (QED) is 0.572. The van der Waals surface area contributed by atoms with E-state index < -0.39 is 20.4 Å². The fourth-order valence-electron chi connectivity index (χ4n) is 5.70. The number of nitrogens with one attached hydrogen (secondary N) is 2. The molecular weight excluding hydrogens is 424 g/mol. The molecule has 0 aromatic rings. The summed E-state index contributed by atoms with van der Waals surface area (Å²) in [4.78, 5) is 0. The summed E-state index contributed by atoms with van der Waals surface area (Å²) in [7, 11) is -6.31. The molecule has 4 heterocycles. The van der Waals surface area contributed by atoms with Crippen LogP contribution in [0.5, 0.6) is 0 Å². The topological polar surface area (TPSA) is 98.8 Å². The minimum Gasteiger partial charge on any atom is -0.200 e. The highest BCUT2D eigenvalue weighted by Crippen LogP contribution is 2.41. The van der Waals surface area contributed by atoms with Crippen molar-refractivity contribution in [1.82, 2.24) is 18.1 Å². The molecule has 4 aliphatic heterocycles. The maximum Gasteiger partial charge on any atom is 0.279 e. The Bertz CT molecular complexity index is 760. The number of hydrogen-bond donors (Lipinski definition) is 2. The van der Waals surface area contributed by atoms with Crippen LogP contribution >= 0.6 is 0 Å². The van der Waals surface area contributed by atoms with E-state index in [0.717, 1.165) is 25.7 Å². The molecule has 30 heavy (non-hydrogen) atoms. The van der Waals surface area contributed by atoms with Gasteiger partial charge in [0.15, 0.2) is 0 Å². The summed E-state index contributed by atoms with van der Waals surface area (Å²) in [5, 5.41) is 0. The summed E-state index contributed by atoms with van der Waals surface area (Å²) in [5.74, 6) is 0.937. The van der Waals surface area contributed by atoms with Crippen LogP contribution in [0.2, 0.25) is 0 Å². The van der Waals surface area contributed by atoms with Crippen LogP contribution in [-0.4, -0.2) is 63.7 Å². The van der Waals surface area contributed by atoms with Gasteiger partial charge in [0.2, 0.25) is 0 Å². The fraction of sp³-hybridized carbons (Fsp3) is 1.00. The van der Waals surface area contributed by atoms with Crippen LogP contribution < -0.4 is 9.44 Å². The maximum absolute atomic E-state index is 11.7. The van der Waals surface area contributed by atoms with Gasteiger partial charge in [0.1, 0.15) is 0 Å². The largest absolute Gasteiger partial charge is 0.279 e. The molecule has 0 spiro atoms. The van der Waals surface area contributed by atoms with E-state index in [9.17, 15) is 16.8 Å². The van der Waals surface area contributed by atoms with E-state index in [0.29, 0.717) is 38.0 Å². The SMILES string of the molecule is CC(C)(C)C1CCCN2C1CNS2(=O)=O.CC(C)(C)C1CCCN2C1CNS2(=O)=O. The van der Waals surface area contributed by atoms with E-state index in [1.54, 1.807) is 8.61 Å². The Kier molecular flexibility index (Phi) is 6.71. The Labute approximate surface area is 183 Å². The zero-order valence-electron chi connectivity index (χ0n) is 19.3. The molecule has 0 aliphatic carbocycles. The number of piperidine rings is 2. The average molecular weight is 465 g/mol. The first kappa shape index (κ1) is 24.4. The number of hydrogen-bond acceptors (Lipinski definition) is 4. The van der Waals surface area contributed by atoms with Crippen LogP contribution in [0, 0.1) is 22.7 Å². The molecule has 0 saturated carbocycles. The Balaban J connectivity index is 0.000000171. The third kappa shape index (κ3) is 4.88. The van der Waals surface area contributed by atoms with E-state index in [-0.39, 0.29) is 22.9 Å². The van der Waals surface area contributed by atoms with E-state index in [1.807, 2.05) is 0 Å². The summed E-state index contributed by atoms with van der Waals surface area (Å²) in [5.41, 5.74) is 0.371. The first-order valence-electron chi connectivity index (χ1n) is 11.2. The minimum absolute atomic E-state index is 0.170. The Morgan fingerprint density at radius 1 is 0.667 bits per heavy atom. The predicted molar refractivity (Wildman–Crippen MR) is 119 cm³/mol. The van der Waals surface area contributed by atoms with E-state index in [4.69, 9.17) is 0 Å². The summed E-state index contributed by atoms with van der Waals surface area (Å²) in [6, 6.07) is 0.340. The predicted octanol–water partition coefficient (Wildman–Crippen LogP) is 1.92. The lowest BCUT2D eigenvalue weighted by Crippen LogP contribution is -2.48. The van der Waals surface area contributed by atoms with Crippen LogP contribution in [0.15, 0.2) is 0 Å². The smallest absolute Gasteiger partial charge is 0.200 e. The van der Waals surface area contributed by atoms with Gasteiger partial charge in [-0.1, -0.05) is 41.5 Å². The molecular formula is C20H40N4O4S2. The molecule has 4 saturated heterocycles. The summed E-state index contributed by atoms with van der Waals surface area (Å²) >= 11 is 0. The van der Waals surface area contributed by atoms with E-state index >= 15 is 0 Å². The normalized spacial score (nSPS) is 36.5. The summed E-state index contributed by atoms with van der Waals surface area (Å²) < 4.78 is 55.3. The van der Waals surface area contributed by atoms with Gasteiger partial charge in [0, 0.05) is 38.3 Å². The van der Waals surface area contributed by atoms with Crippen molar-refractivity contribution in [2.45, 2.75) is 79.3 Å². The molecule has 4 aliphatic rings. The second-order valence-electron chi connectivity index (χ2n) is 11.3. The highest BCUT2D eigenvalue weighted by molar-refractivity contribution is 7.87. The van der Waals surface area contributed by atoms with Crippen molar-refractivity contribution >= 4 is 20.4 Å². The first-order chi connectivity index (χ1) is 13.6. The molecule has 0 bridgehead atoms. The van der Waals surface area contributed by atoms with Crippen molar-refractivity contribution < 1.29 is 16.8 Å². The monoisotopic (exact) mass is 464 g/mol. The van der Waals surface area contributed by atoms with Crippen LogP contribution in [0.4, 0.5) is 0 Å². The average Bonchev–Trinajstić information content (AvgIpc) is 3.10. The third-order valence-corrected chi connectivity index (χ3v) is 10.5. The molecule has 4 rings (SSSR count). The van der Waals surface area contributed by atoms with Gasteiger partial charge in [-0.25, -0.2) is 9.44 Å². The molecule has 4 atom stereocenters. The zero-order chi connectivity index (χ0) is 22.5. The van der Waals surface area contributed by atoms with Gasteiger partial charge in [-0.3, -0.25) is 0 Å². The number of fused-ring (bicyclic) bond motifs is 2. The Hall–Kier alpha value is -0.260. The van der Waals surface area contributed by atoms with Crippen LogP contribution in [0.3, 0.4) is 0 Å². The highest BCUT2D eigenvalue weighted by Gasteiger charge is 2.48. The van der Waals surface area contributed by atoms with Gasteiger partial charge in [-0.2, -0.15) is 25.4 Å². The lowest BCUT2D eigenvalue weighted by atomic mass is 9.72. The van der Waals surface area contributed by atoms with Crippen molar-refractivity contribution in [3.63, 3.8) is 0 Å². The highest BCUT2D eigenvalue weighted by atomic mass is 32.2. The van der Waals surface area contributed by atoms with Gasteiger partial charge in [-0.15, -0.1) is 0 Å². The minimum atomic E-state index is -3.16. The maximum atomic E-state index is 11.7.